The van der Waals surface area contributed by atoms with Crippen LogP contribution in [0, 0.1) is 5.92 Å². The molecule has 1 N–H and O–H groups in total. The van der Waals surface area contributed by atoms with E-state index in [0.717, 1.165) is 37.7 Å². The number of rotatable bonds is 7. The average molecular weight is 326 g/mol. The number of piperazine rings is 1. The van der Waals surface area contributed by atoms with Gasteiger partial charge >= 0.3 is 6.61 Å². The van der Waals surface area contributed by atoms with E-state index < -0.39 is 12.7 Å². The zero-order chi connectivity index (χ0) is 16.2. The lowest BCUT2D eigenvalue weighted by Gasteiger charge is -2.35. The van der Waals surface area contributed by atoms with Crippen LogP contribution >= 0.6 is 0 Å². The molecule has 128 valence electrons. The van der Waals surface area contributed by atoms with E-state index in [1.807, 2.05) is 0 Å². The fourth-order valence-electron chi connectivity index (χ4n) is 3.04. The molecule has 2 aliphatic rings. The number of aliphatic hydroxyl groups excluding tert-OH is 1. The molecular formula is C17H24F2N2O2. The fraction of sp³-hybridized carbons (Fsp3) is 0.647. The number of ether oxygens (including phenoxy) is 1. The van der Waals surface area contributed by atoms with Gasteiger partial charge in [0, 0.05) is 39.3 Å². The predicted molar refractivity (Wildman–Crippen MR) is 83.6 cm³/mol. The van der Waals surface area contributed by atoms with E-state index >= 15 is 0 Å². The minimum atomic E-state index is -2.82. The van der Waals surface area contributed by atoms with Gasteiger partial charge in [0.15, 0.2) is 0 Å². The second-order valence-corrected chi connectivity index (χ2v) is 6.51. The van der Waals surface area contributed by atoms with Crippen molar-refractivity contribution in [2.75, 3.05) is 39.3 Å². The molecule has 1 aromatic carbocycles. The topological polar surface area (TPSA) is 35.9 Å². The monoisotopic (exact) mass is 326 g/mol. The molecule has 0 radical (unpaired) electrons. The van der Waals surface area contributed by atoms with Gasteiger partial charge < -0.3 is 14.7 Å². The highest BCUT2D eigenvalue weighted by atomic mass is 19.3. The van der Waals surface area contributed by atoms with Gasteiger partial charge in [-0.25, -0.2) is 0 Å². The highest BCUT2D eigenvalue weighted by Gasteiger charge is 2.26. The van der Waals surface area contributed by atoms with Gasteiger partial charge in [0.25, 0.3) is 0 Å². The Bertz CT molecular complexity index is 486. The zero-order valence-electron chi connectivity index (χ0n) is 13.2. The van der Waals surface area contributed by atoms with Crippen molar-refractivity contribution >= 4 is 0 Å². The summed E-state index contributed by atoms with van der Waals surface area (Å²) < 4.78 is 28.6. The normalized spacial score (nSPS) is 21.6. The van der Waals surface area contributed by atoms with Gasteiger partial charge in [0.05, 0.1) is 6.10 Å². The molecule has 3 rings (SSSR count). The van der Waals surface area contributed by atoms with E-state index in [1.165, 1.54) is 31.5 Å². The van der Waals surface area contributed by atoms with Crippen LogP contribution in [0.1, 0.15) is 24.5 Å². The lowest BCUT2D eigenvalue weighted by molar-refractivity contribution is -0.0498. The summed E-state index contributed by atoms with van der Waals surface area (Å²) in [4.78, 5) is 4.77. The summed E-state index contributed by atoms with van der Waals surface area (Å²) in [7, 11) is 0. The quantitative estimate of drug-likeness (QED) is 0.834. The van der Waals surface area contributed by atoms with Crippen LogP contribution in [-0.2, 0) is 0 Å². The number of aliphatic hydroxyl groups is 1. The second-order valence-electron chi connectivity index (χ2n) is 6.51. The maximum atomic E-state index is 12.1. The molecule has 0 aromatic heterocycles. The third-order valence-corrected chi connectivity index (χ3v) is 4.60. The van der Waals surface area contributed by atoms with E-state index in [4.69, 9.17) is 0 Å². The smallest absolute Gasteiger partial charge is 0.387 e. The van der Waals surface area contributed by atoms with Gasteiger partial charge in [0.1, 0.15) is 5.75 Å². The Balaban J connectivity index is 1.44. The maximum Gasteiger partial charge on any atom is 0.387 e. The lowest BCUT2D eigenvalue weighted by Crippen LogP contribution is -2.47. The van der Waals surface area contributed by atoms with Gasteiger partial charge in [-0.3, -0.25) is 4.90 Å². The van der Waals surface area contributed by atoms with Gasteiger partial charge in [-0.15, -0.1) is 0 Å². The van der Waals surface area contributed by atoms with Crippen LogP contribution in [0.5, 0.6) is 5.75 Å². The van der Waals surface area contributed by atoms with Crippen LogP contribution in [0.15, 0.2) is 24.3 Å². The predicted octanol–water partition coefficient (Wildman–Crippen LogP) is 2.35. The third-order valence-electron chi connectivity index (χ3n) is 4.60. The van der Waals surface area contributed by atoms with Crippen molar-refractivity contribution in [3.63, 3.8) is 0 Å². The van der Waals surface area contributed by atoms with E-state index in [0.29, 0.717) is 6.54 Å². The van der Waals surface area contributed by atoms with Crippen molar-refractivity contribution in [3.8, 4) is 5.75 Å². The van der Waals surface area contributed by atoms with Crippen LogP contribution in [0.4, 0.5) is 8.78 Å². The van der Waals surface area contributed by atoms with E-state index in [1.54, 1.807) is 12.1 Å². The molecule has 23 heavy (non-hydrogen) atoms. The number of β-amino-alcohol motifs (C(OH)–C–C–N with tert-alkyl or cyclic N) is 1. The Kier molecular flexibility index (Phi) is 5.46. The third kappa shape index (κ3) is 5.12. The molecule has 1 aromatic rings. The van der Waals surface area contributed by atoms with Crippen molar-refractivity contribution in [2.24, 2.45) is 5.92 Å². The maximum absolute atomic E-state index is 12.1. The molecule has 4 nitrogen and oxygen atoms in total. The summed E-state index contributed by atoms with van der Waals surface area (Å²) in [6.45, 7) is 3.04. The zero-order valence-corrected chi connectivity index (χ0v) is 13.2. The van der Waals surface area contributed by atoms with Crippen molar-refractivity contribution in [1.29, 1.82) is 0 Å². The Labute approximate surface area is 135 Å². The molecule has 2 fully saturated rings. The minimum Gasteiger partial charge on any atom is -0.435 e. The molecule has 1 saturated carbocycles. The molecule has 1 aliphatic heterocycles. The number of hydrogen-bond acceptors (Lipinski definition) is 4. The molecule has 1 heterocycles. The Morgan fingerprint density at radius 3 is 2.22 bits per heavy atom. The number of nitrogens with zero attached hydrogens (tertiary/aromatic N) is 2. The lowest BCUT2D eigenvalue weighted by atomic mass is 10.1. The van der Waals surface area contributed by atoms with E-state index in [2.05, 4.69) is 14.5 Å². The summed E-state index contributed by atoms with van der Waals surface area (Å²) in [5, 5.41) is 10.3. The Morgan fingerprint density at radius 1 is 1.04 bits per heavy atom. The molecule has 1 saturated heterocycles. The SMILES string of the molecule is OC(CN1CCN(CC2CC2)CC1)c1ccc(OC(F)F)cc1. The van der Waals surface area contributed by atoms with Crippen LogP contribution < -0.4 is 4.74 Å². The largest absolute Gasteiger partial charge is 0.435 e. The molecule has 6 heteroatoms. The van der Waals surface area contributed by atoms with Gasteiger partial charge in [0.2, 0.25) is 0 Å². The average Bonchev–Trinajstić information content (AvgIpc) is 3.33. The number of halogens is 2. The first-order chi connectivity index (χ1) is 11.1. The summed E-state index contributed by atoms with van der Waals surface area (Å²) in [5.41, 5.74) is 0.729. The molecular weight excluding hydrogens is 302 g/mol. The first-order valence-electron chi connectivity index (χ1n) is 8.27. The van der Waals surface area contributed by atoms with Crippen LogP contribution in [0.25, 0.3) is 0 Å². The molecule has 1 atom stereocenters. The second kappa shape index (κ2) is 7.55. The highest BCUT2D eigenvalue weighted by molar-refractivity contribution is 5.28. The summed E-state index contributed by atoms with van der Waals surface area (Å²) in [6.07, 6.45) is 2.15. The summed E-state index contributed by atoms with van der Waals surface area (Å²) in [5.74, 6) is 1.03. The standard InChI is InChI=1S/C17H24F2N2O2/c18-17(19)23-15-5-3-14(4-6-15)16(22)12-21-9-7-20(8-10-21)11-13-1-2-13/h3-6,13,16-17,22H,1-2,7-12H2. The number of benzene rings is 1. The molecule has 0 bridgehead atoms. The Morgan fingerprint density at radius 2 is 1.65 bits per heavy atom. The molecule has 1 aliphatic carbocycles. The van der Waals surface area contributed by atoms with Crippen molar-refractivity contribution in [1.82, 2.24) is 9.80 Å². The first kappa shape index (κ1) is 16.6. The van der Waals surface area contributed by atoms with Crippen molar-refractivity contribution in [2.45, 2.75) is 25.6 Å². The Hall–Kier alpha value is -1.24. The highest BCUT2D eigenvalue weighted by Crippen LogP contribution is 2.30. The number of hydrogen-bond donors (Lipinski definition) is 1. The van der Waals surface area contributed by atoms with Gasteiger partial charge in [-0.1, -0.05) is 12.1 Å². The van der Waals surface area contributed by atoms with Gasteiger partial charge in [-0.2, -0.15) is 8.78 Å². The molecule has 0 spiro atoms. The van der Waals surface area contributed by atoms with Crippen LogP contribution in [-0.4, -0.2) is 60.8 Å². The van der Waals surface area contributed by atoms with E-state index in [-0.39, 0.29) is 5.75 Å². The van der Waals surface area contributed by atoms with Crippen LogP contribution in [0.2, 0.25) is 0 Å². The summed E-state index contributed by atoms with van der Waals surface area (Å²) >= 11 is 0. The van der Waals surface area contributed by atoms with E-state index in [9.17, 15) is 13.9 Å². The van der Waals surface area contributed by atoms with Crippen molar-refractivity contribution < 1.29 is 18.6 Å². The minimum absolute atomic E-state index is 0.115. The summed E-state index contributed by atoms with van der Waals surface area (Å²) in [6, 6.07) is 6.23. The number of alkyl halides is 2. The van der Waals surface area contributed by atoms with Gasteiger partial charge in [-0.05, 0) is 36.5 Å². The molecule has 1 unspecified atom stereocenters. The molecule has 0 amide bonds. The van der Waals surface area contributed by atoms with Crippen molar-refractivity contribution in [3.05, 3.63) is 29.8 Å². The van der Waals surface area contributed by atoms with Crippen LogP contribution in [0.3, 0.4) is 0 Å². The fourth-order valence-corrected chi connectivity index (χ4v) is 3.04. The first-order valence-corrected chi connectivity index (χ1v) is 8.27.